The second kappa shape index (κ2) is 6.03. The first-order valence-corrected chi connectivity index (χ1v) is 7.13. The predicted octanol–water partition coefficient (Wildman–Crippen LogP) is 3.90. The Morgan fingerprint density at radius 1 is 1.53 bits per heavy atom. The molecule has 0 saturated carbocycles. The minimum absolute atomic E-state index is 0.316. The van der Waals surface area contributed by atoms with Crippen molar-refractivity contribution in [3.63, 3.8) is 0 Å². The molecule has 0 saturated heterocycles. The summed E-state index contributed by atoms with van der Waals surface area (Å²) in [5.74, 6) is -0.316. The quantitative estimate of drug-likeness (QED) is 0.912. The zero-order chi connectivity index (χ0) is 14.0. The molecule has 0 radical (unpaired) electrons. The van der Waals surface area contributed by atoms with Crippen molar-refractivity contribution < 1.29 is 4.39 Å². The third kappa shape index (κ3) is 2.99. The second-order valence-corrected chi connectivity index (χ2v) is 5.51. The van der Waals surface area contributed by atoms with Gasteiger partial charge in [0.25, 0.3) is 0 Å². The standard InChI is InChI=1S/C13H14BrClFN3/c1-2-5-19-13(10(15)7-18-19)12(17)8-3-4-11(16)9(14)6-8/h3-4,6-7,12H,2,5,17H2,1H3. The Labute approximate surface area is 124 Å². The van der Waals surface area contributed by atoms with E-state index in [-0.39, 0.29) is 5.82 Å². The van der Waals surface area contributed by atoms with Crippen LogP contribution in [-0.2, 0) is 6.54 Å². The van der Waals surface area contributed by atoms with Gasteiger partial charge in [-0.25, -0.2) is 4.39 Å². The summed E-state index contributed by atoms with van der Waals surface area (Å²) in [7, 11) is 0. The molecule has 1 unspecified atom stereocenters. The SMILES string of the molecule is CCCn1ncc(Cl)c1C(N)c1ccc(F)c(Br)c1. The first-order valence-electron chi connectivity index (χ1n) is 5.96. The number of benzene rings is 1. The highest BCUT2D eigenvalue weighted by Crippen LogP contribution is 2.28. The van der Waals surface area contributed by atoms with E-state index in [0.29, 0.717) is 9.50 Å². The smallest absolute Gasteiger partial charge is 0.137 e. The molecule has 0 aliphatic heterocycles. The molecule has 1 aromatic carbocycles. The summed E-state index contributed by atoms with van der Waals surface area (Å²) in [6, 6.07) is 4.27. The van der Waals surface area contributed by atoms with E-state index in [1.54, 1.807) is 23.0 Å². The first kappa shape index (κ1) is 14.5. The first-order chi connectivity index (χ1) is 9.04. The van der Waals surface area contributed by atoms with Gasteiger partial charge >= 0.3 is 0 Å². The largest absolute Gasteiger partial charge is 0.319 e. The Kier molecular flexibility index (Phi) is 4.60. The molecule has 0 bridgehead atoms. The molecule has 19 heavy (non-hydrogen) atoms. The Bertz CT molecular complexity index is 585. The van der Waals surface area contributed by atoms with Crippen molar-refractivity contribution in [3.8, 4) is 0 Å². The van der Waals surface area contributed by atoms with E-state index in [0.717, 1.165) is 24.2 Å². The Morgan fingerprint density at radius 3 is 2.89 bits per heavy atom. The summed E-state index contributed by atoms with van der Waals surface area (Å²) < 4.78 is 15.4. The molecule has 6 heteroatoms. The highest BCUT2D eigenvalue weighted by Gasteiger charge is 2.19. The van der Waals surface area contributed by atoms with Crippen molar-refractivity contribution in [2.24, 2.45) is 5.73 Å². The Hall–Kier alpha value is -0.910. The molecule has 0 spiro atoms. The summed E-state index contributed by atoms with van der Waals surface area (Å²) in [5, 5.41) is 4.74. The van der Waals surface area contributed by atoms with Crippen LogP contribution < -0.4 is 5.73 Å². The van der Waals surface area contributed by atoms with Gasteiger partial charge in [-0.3, -0.25) is 4.68 Å². The third-order valence-electron chi connectivity index (χ3n) is 2.87. The lowest BCUT2D eigenvalue weighted by Crippen LogP contribution is -2.18. The number of hydrogen-bond donors (Lipinski definition) is 1. The number of aryl methyl sites for hydroxylation is 1. The van der Waals surface area contributed by atoms with E-state index in [1.807, 2.05) is 0 Å². The van der Waals surface area contributed by atoms with Crippen LogP contribution in [0, 0.1) is 5.82 Å². The summed E-state index contributed by atoms with van der Waals surface area (Å²) in [5.41, 5.74) is 7.76. The van der Waals surface area contributed by atoms with Crippen LogP contribution in [0.15, 0.2) is 28.9 Å². The minimum atomic E-state index is -0.432. The molecule has 0 fully saturated rings. The lowest BCUT2D eigenvalue weighted by Gasteiger charge is -2.15. The molecule has 0 aliphatic carbocycles. The molecular weight excluding hydrogens is 333 g/mol. The van der Waals surface area contributed by atoms with Crippen LogP contribution in [0.2, 0.25) is 5.02 Å². The van der Waals surface area contributed by atoms with Crippen LogP contribution in [0.5, 0.6) is 0 Å². The summed E-state index contributed by atoms with van der Waals surface area (Å²) in [4.78, 5) is 0. The van der Waals surface area contributed by atoms with E-state index in [1.165, 1.54) is 6.07 Å². The fourth-order valence-electron chi connectivity index (χ4n) is 1.93. The minimum Gasteiger partial charge on any atom is -0.319 e. The highest BCUT2D eigenvalue weighted by molar-refractivity contribution is 9.10. The number of aromatic nitrogens is 2. The van der Waals surface area contributed by atoms with Gasteiger partial charge in [-0.1, -0.05) is 24.6 Å². The van der Waals surface area contributed by atoms with Crippen molar-refractivity contribution in [2.75, 3.05) is 0 Å². The van der Waals surface area contributed by atoms with Gasteiger partial charge in [-0.2, -0.15) is 5.10 Å². The monoisotopic (exact) mass is 345 g/mol. The molecule has 1 aromatic heterocycles. The van der Waals surface area contributed by atoms with Crippen molar-refractivity contribution in [1.29, 1.82) is 0 Å². The van der Waals surface area contributed by atoms with Crippen LogP contribution in [0.4, 0.5) is 4.39 Å². The molecule has 2 N–H and O–H groups in total. The summed E-state index contributed by atoms with van der Waals surface area (Å²) in [6.45, 7) is 2.80. The molecular formula is C13H14BrClFN3. The number of hydrogen-bond acceptors (Lipinski definition) is 2. The van der Waals surface area contributed by atoms with E-state index >= 15 is 0 Å². The number of nitrogens with two attached hydrogens (primary N) is 1. The highest BCUT2D eigenvalue weighted by atomic mass is 79.9. The van der Waals surface area contributed by atoms with Gasteiger partial charge in [0, 0.05) is 6.54 Å². The lowest BCUT2D eigenvalue weighted by atomic mass is 10.0. The van der Waals surface area contributed by atoms with Gasteiger partial charge in [0.05, 0.1) is 27.4 Å². The maximum atomic E-state index is 13.3. The summed E-state index contributed by atoms with van der Waals surface area (Å²) >= 11 is 9.31. The summed E-state index contributed by atoms with van der Waals surface area (Å²) in [6.07, 6.45) is 2.52. The average Bonchev–Trinajstić information content (AvgIpc) is 2.74. The van der Waals surface area contributed by atoms with Gasteiger partial charge in [0.15, 0.2) is 0 Å². The molecule has 1 heterocycles. The molecule has 2 rings (SSSR count). The van der Waals surface area contributed by atoms with Crippen molar-refractivity contribution in [1.82, 2.24) is 9.78 Å². The molecule has 3 nitrogen and oxygen atoms in total. The average molecular weight is 347 g/mol. The Morgan fingerprint density at radius 2 is 2.26 bits per heavy atom. The zero-order valence-electron chi connectivity index (χ0n) is 10.4. The maximum Gasteiger partial charge on any atom is 0.137 e. The van der Waals surface area contributed by atoms with Gasteiger partial charge in [0.2, 0.25) is 0 Å². The molecule has 2 aromatic rings. The van der Waals surface area contributed by atoms with Crippen LogP contribution >= 0.6 is 27.5 Å². The topological polar surface area (TPSA) is 43.8 Å². The van der Waals surface area contributed by atoms with E-state index < -0.39 is 6.04 Å². The van der Waals surface area contributed by atoms with E-state index in [2.05, 4.69) is 28.0 Å². The van der Waals surface area contributed by atoms with Crippen molar-refractivity contribution in [2.45, 2.75) is 25.9 Å². The van der Waals surface area contributed by atoms with Crippen LogP contribution in [0.3, 0.4) is 0 Å². The third-order valence-corrected chi connectivity index (χ3v) is 3.76. The normalized spacial score (nSPS) is 12.7. The van der Waals surface area contributed by atoms with Gasteiger partial charge in [-0.15, -0.1) is 0 Å². The van der Waals surface area contributed by atoms with E-state index in [4.69, 9.17) is 17.3 Å². The molecule has 0 aliphatic rings. The van der Waals surface area contributed by atoms with Gasteiger partial charge in [-0.05, 0) is 40.0 Å². The predicted molar refractivity (Wildman–Crippen MR) is 77.7 cm³/mol. The van der Waals surface area contributed by atoms with Crippen LogP contribution in [0.1, 0.15) is 30.6 Å². The van der Waals surface area contributed by atoms with Crippen LogP contribution in [-0.4, -0.2) is 9.78 Å². The van der Waals surface area contributed by atoms with Crippen molar-refractivity contribution >= 4 is 27.5 Å². The molecule has 102 valence electrons. The van der Waals surface area contributed by atoms with Gasteiger partial charge in [0.1, 0.15) is 5.82 Å². The van der Waals surface area contributed by atoms with Gasteiger partial charge < -0.3 is 5.73 Å². The lowest BCUT2D eigenvalue weighted by molar-refractivity contribution is 0.559. The number of nitrogens with zero attached hydrogens (tertiary/aromatic N) is 2. The maximum absolute atomic E-state index is 13.3. The van der Waals surface area contributed by atoms with Crippen LogP contribution in [0.25, 0.3) is 0 Å². The fraction of sp³-hybridized carbons (Fsp3) is 0.308. The number of halogens is 3. The second-order valence-electron chi connectivity index (χ2n) is 4.25. The zero-order valence-corrected chi connectivity index (χ0v) is 12.7. The molecule has 1 atom stereocenters. The molecule has 0 amide bonds. The fourth-order valence-corrected chi connectivity index (χ4v) is 2.59. The number of rotatable bonds is 4. The van der Waals surface area contributed by atoms with Crippen molar-refractivity contribution in [3.05, 3.63) is 51.0 Å². The van der Waals surface area contributed by atoms with E-state index in [9.17, 15) is 4.39 Å². The Balaban J connectivity index is 2.40.